The summed E-state index contributed by atoms with van der Waals surface area (Å²) in [4.78, 5) is 15.3. The lowest BCUT2D eigenvalue weighted by Crippen LogP contribution is -2.55. The maximum Gasteiger partial charge on any atom is 0.250 e. The van der Waals surface area contributed by atoms with Gasteiger partial charge >= 0.3 is 0 Å². The van der Waals surface area contributed by atoms with E-state index in [-0.39, 0.29) is 5.91 Å². The second-order valence-electron chi connectivity index (χ2n) is 6.07. The minimum Gasteiger partial charge on any atom is -0.336 e. The summed E-state index contributed by atoms with van der Waals surface area (Å²) in [6.45, 7) is 4.93. The monoisotopic (exact) mass is 316 g/mol. The summed E-state index contributed by atoms with van der Waals surface area (Å²) in [6.07, 6.45) is 8.95. The lowest BCUT2D eigenvalue weighted by Gasteiger charge is -2.40. The van der Waals surface area contributed by atoms with E-state index in [1.165, 1.54) is 0 Å². The molecule has 2 aromatic rings. The Morgan fingerprint density at radius 2 is 2.17 bits per heavy atom. The van der Waals surface area contributed by atoms with Crippen molar-refractivity contribution in [3.63, 3.8) is 0 Å². The molecule has 0 aliphatic carbocycles. The van der Waals surface area contributed by atoms with Crippen molar-refractivity contribution in [2.45, 2.75) is 31.8 Å². The Morgan fingerprint density at radius 1 is 1.39 bits per heavy atom. The van der Waals surface area contributed by atoms with Crippen molar-refractivity contribution in [2.24, 2.45) is 7.05 Å². The fourth-order valence-corrected chi connectivity index (χ4v) is 3.30. The quantitative estimate of drug-likeness (QED) is 0.884. The predicted molar refractivity (Wildman–Crippen MR) is 86.6 cm³/mol. The molecule has 0 bridgehead atoms. The number of nitrogens with one attached hydrogen (secondary N) is 1. The summed E-state index contributed by atoms with van der Waals surface area (Å²) in [7, 11) is 1.89. The molecule has 2 aromatic heterocycles. The minimum absolute atomic E-state index is 0.147. The van der Waals surface area contributed by atoms with Gasteiger partial charge in [-0.15, -0.1) is 0 Å². The summed E-state index contributed by atoms with van der Waals surface area (Å²) >= 11 is 0. The van der Waals surface area contributed by atoms with Crippen molar-refractivity contribution < 1.29 is 4.79 Å². The normalized spacial score (nSPS) is 17.1. The second-order valence-corrected chi connectivity index (χ2v) is 6.07. The van der Waals surface area contributed by atoms with Crippen LogP contribution in [0, 0.1) is 0 Å². The summed E-state index contributed by atoms with van der Waals surface area (Å²) in [5.41, 5.74) is 0.472. The molecular weight excluding hydrogens is 292 g/mol. The maximum absolute atomic E-state index is 13.4. The Balaban J connectivity index is 1.87. The van der Waals surface area contributed by atoms with Gasteiger partial charge in [0, 0.05) is 44.3 Å². The molecule has 7 heteroatoms. The van der Waals surface area contributed by atoms with Gasteiger partial charge in [0.15, 0.2) is 0 Å². The van der Waals surface area contributed by atoms with Crippen molar-refractivity contribution in [1.82, 2.24) is 29.8 Å². The molecule has 0 spiro atoms. The summed E-state index contributed by atoms with van der Waals surface area (Å²) in [6, 6.07) is 1.88. The van der Waals surface area contributed by atoms with Gasteiger partial charge in [-0.05, 0) is 38.9 Å². The predicted octanol–water partition coefficient (Wildman–Crippen LogP) is 0.744. The molecule has 1 amide bonds. The van der Waals surface area contributed by atoms with Crippen LogP contribution in [-0.2, 0) is 23.9 Å². The zero-order valence-electron chi connectivity index (χ0n) is 13.8. The number of rotatable bonds is 5. The number of amides is 1. The number of nitrogens with zero attached hydrogens (tertiary/aromatic N) is 5. The van der Waals surface area contributed by atoms with Gasteiger partial charge in [-0.1, -0.05) is 0 Å². The van der Waals surface area contributed by atoms with Crippen molar-refractivity contribution in [1.29, 1.82) is 0 Å². The Morgan fingerprint density at radius 3 is 2.74 bits per heavy atom. The van der Waals surface area contributed by atoms with Gasteiger partial charge in [-0.25, -0.2) is 0 Å². The van der Waals surface area contributed by atoms with Gasteiger partial charge in [0.05, 0.1) is 6.20 Å². The SMILES string of the molecule is CCN(Cc1cnn(C)c1)C(=O)C1(n2cccn2)CCNCC1. The molecule has 3 rings (SSSR count). The molecule has 1 fully saturated rings. The minimum atomic E-state index is -0.576. The van der Waals surface area contributed by atoms with Crippen LogP contribution in [0.5, 0.6) is 0 Å². The van der Waals surface area contributed by atoms with E-state index in [9.17, 15) is 4.79 Å². The molecular formula is C16H24N6O. The van der Waals surface area contributed by atoms with Crippen LogP contribution < -0.4 is 5.32 Å². The zero-order chi connectivity index (χ0) is 16.3. The lowest BCUT2D eigenvalue weighted by atomic mass is 9.86. The molecule has 1 aliphatic rings. The topological polar surface area (TPSA) is 68.0 Å². The molecule has 0 aromatic carbocycles. The van der Waals surface area contributed by atoms with Gasteiger partial charge in [-0.3, -0.25) is 14.2 Å². The van der Waals surface area contributed by atoms with Gasteiger partial charge in [0.2, 0.25) is 0 Å². The molecule has 7 nitrogen and oxygen atoms in total. The molecule has 0 saturated carbocycles. The van der Waals surface area contributed by atoms with Crippen molar-refractivity contribution in [2.75, 3.05) is 19.6 Å². The van der Waals surface area contributed by atoms with Crippen LogP contribution >= 0.6 is 0 Å². The number of carbonyl (C=O) groups excluding carboxylic acids is 1. The largest absolute Gasteiger partial charge is 0.336 e. The smallest absolute Gasteiger partial charge is 0.250 e. The van der Waals surface area contributed by atoms with Crippen LogP contribution in [0.1, 0.15) is 25.3 Å². The van der Waals surface area contributed by atoms with E-state index in [4.69, 9.17) is 0 Å². The third kappa shape index (κ3) is 3.01. The standard InChI is InChI=1S/C16H24N6O/c1-3-21(13-14-11-19-20(2)12-14)15(23)16(5-8-17-9-6-16)22-10-4-7-18-22/h4,7,10-12,17H,3,5-6,8-9,13H2,1-2H3. The molecule has 0 atom stereocenters. The Kier molecular flexibility index (Phi) is 4.47. The molecule has 124 valence electrons. The second kappa shape index (κ2) is 6.54. The van der Waals surface area contributed by atoms with E-state index in [1.54, 1.807) is 10.9 Å². The third-order valence-corrected chi connectivity index (χ3v) is 4.57. The number of hydrogen-bond acceptors (Lipinski definition) is 4. The van der Waals surface area contributed by atoms with Gasteiger partial charge in [0.25, 0.3) is 5.91 Å². The van der Waals surface area contributed by atoms with E-state index in [2.05, 4.69) is 15.5 Å². The van der Waals surface area contributed by atoms with E-state index >= 15 is 0 Å². The van der Waals surface area contributed by atoms with Crippen molar-refractivity contribution >= 4 is 5.91 Å². The van der Waals surface area contributed by atoms with Crippen LogP contribution in [0.2, 0.25) is 0 Å². The summed E-state index contributed by atoms with van der Waals surface area (Å²) in [5, 5.41) is 11.9. The van der Waals surface area contributed by atoms with E-state index < -0.39 is 5.54 Å². The van der Waals surface area contributed by atoms with Crippen LogP contribution in [0.3, 0.4) is 0 Å². The highest BCUT2D eigenvalue weighted by molar-refractivity contribution is 5.84. The number of aryl methyl sites for hydroxylation is 1. The fraction of sp³-hybridized carbons (Fsp3) is 0.562. The highest BCUT2D eigenvalue weighted by Crippen LogP contribution is 2.30. The average Bonchev–Trinajstić information content (AvgIpc) is 3.24. The molecule has 23 heavy (non-hydrogen) atoms. The van der Waals surface area contributed by atoms with Crippen molar-refractivity contribution in [3.8, 4) is 0 Å². The lowest BCUT2D eigenvalue weighted by molar-refractivity contribution is -0.143. The van der Waals surface area contributed by atoms with Gasteiger partial charge in [-0.2, -0.15) is 10.2 Å². The molecule has 1 saturated heterocycles. The Labute approximate surface area is 136 Å². The number of carbonyl (C=O) groups is 1. The maximum atomic E-state index is 13.4. The van der Waals surface area contributed by atoms with Crippen LogP contribution in [0.15, 0.2) is 30.9 Å². The van der Waals surface area contributed by atoms with Crippen molar-refractivity contribution in [3.05, 3.63) is 36.4 Å². The fourth-order valence-electron chi connectivity index (χ4n) is 3.30. The summed E-state index contributed by atoms with van der Waals surface area (Å²) in [5.74, 6) is 0.147. The first-order valence-corrected chi connectivity index (χ1v) is 8.13. The first kappa shape index (κ1) is 15.7. The molecule has 0 unspecified atom stereocenters. The van der Waals surface area contributed by atoms with Gasteiger partial charge in [0.1, 0.15) is 5.54 Å². The van der Waals surface area contributed by atoms with E-state index in [1.807, 2.05) is 48.2 Å². The summed E-state index contributed by atoms with van der Waals surface area (Å²) < 4.78 is 3.61. The Bertz CT molecular complexity index is 641. The first-order chi connectivity index (χ1) is 11.2. The molecule has 3 heterocycles. The number of hydrogen-bond donors (Lipinski definition) is 1. The van der Waals surface area contributed by atoms with E-state index in [0.29, 0.717) is 13.1 Å². The highest BCUT2D eigenvalue weighted by Gasteiger charge is 2.44. The van der Waals surface area contributed by atoms with Crippen LogP contribution in [0.25, 0.3) is 0 Å². The number of aromatic nitrogens is 4. The zero-order valence-corrected chi connectivity index (χ0v) is 13.8. The van der Waals surface area contributed by atoms with Crippen LogP contribution in [0.4, 0.5) is 0 Å². The first-order valence-electron chi connectivity index (χ1n) is 8.13. The molecule has 1 aliphatic heterocycles. The van der Waals surface area contributed by atoms with Gasteiger partial charge < -0.3 is 10.2 Å². The Hall–Kier alpha value is -2.15. The number of piperidine rings is 1. The molecule has 0 radical (unpaired) electrons. The highest BCUT2D eigenvalue weighted by atomic mass is 16.2. The third-order valence-electron chi connectivity index (χ3n) is 4.57. The average molecular weight is 316 g/mol. The van der Waals surface area contributed by atoms with Crippen LogP contribution in [-0.4, -0.2) is 50.0 Å². The van der Waals surface area contributed by atoms with E-state index in [0.717, 1.165) is 31.5 Å². The number of likely N-dealkylation sites (N-methyl/N-ethyl adjacent to an activating group) is 1. The molecule has 1 N–H and O–H groups in total.